The zero-order chi connectivity index (χ0) is 12.5. The van der Waals surface area contributed by atoms with Crippen molar-refractivity contribution >= 4 is 23.1 Å². The number of rotatable bonds is 1. The molecule has 3 rings (SSSR count). The van der Waals surface area contributed by atoms with Crippen LogP contribution in [-0.2, 0) is 0 Å². The Balaban J connectivity index is 2.22. The Kier molecular flexibility index (Phi) is 2.64. The third-order valence-electron chi connectivity index (χ3n) is 2.72. The third-order valence-corrected chi connectivity index (χ3v) is 2.93. The van der Waals surface area contributed by atoms with Gasteiger partial charge in [-0.3, -0.25) is 0 Å². The summed E-state index contributed by atoms with van der Waals surface area (Å²) in [5.41, 5.74) is 2.75. The molecule has 0 saturated heterocycles. The average molecular weight is 253 g/mol. The first-order chi connectivity index (χ1) is 8.72. The van der Waals surface area contributed by atoms with Gasteiger partial charge in [-0.25, -0.2) is 9.97 Å². The lowest BCUT2D eigenvalue weighted by Crippen LogP contribution is -1.94. The first kappa shape index (κ1) is 11.0. The van der Waals surface area contributed by atoms with E-state index in [0.29, 0.717) is 10.5 Å². The summed E-state index contributed by atoms with van der Waals surface area (Å²) in [7, 11) is 0. The van der Waals surface area contributed by atoms with Crippen molar-refractivity contribution in [3.8, 4) is 11.5 Å². The van der Waals surface area contributed by atoms with Crippen molar-refractivity contribution in [1.29, 1.82) is 0 Å². The molecule has 0 saturated carbocycles. The van der Waals surface area contributed by atoms with Crippen LogP contribution in [0.1, 0.15) is 5.69 Å². The second-order valence-corrected chi connectivity index (χ2v) is 4.56. The van der Waals surface area contributed by atoms with E-state index >= 15 is 0 Å². The summed E-state index contributed by atoms with van der Waals surface area (Å²) in [4.78, 5) is 12.1. The highest BCUT2D eigenvalue weighted by Crippen LogP contribution is 2.18. The molecule has 88 valence electrons. The summed E-state index contributed by atoms with van der Waals surface area (Å²) in [5.74, 6) is 0.714. The molecule has 3 aromatic rings. The van der Waals surface area contributed by atoms with Gasteiger partial charge in [0.15, 0.2) is 5.82 Å². The number of pyridine rings is 1. The van der Waals surface area contributed by atoms with E-state index in [-0.39, 0.29) is 0 Å². The Bertz CT molecular complexity index is 777. The van der Waals surface area contributed by atoms with Crippen LogP contribution in [0.15, 0.2) is 42.5 Å². The van der Waals surface area contributed by atoms with Crippen molar-refractivity contribution in [2.75, 3.05) is 0 Å². The van der Waals surface area contributed by atoms with Crippen LogP contribution in [0.5, 0.6) is 0 Å². The van der Waals surface area contributed by atoms with Gasteiger partial charge >= 0.3 is 0 Å². The largest absolute Gasteiger partial charge is 0.342 e. The Morgan fingerprint density at radius 2 is 1.89 bits per heavy atom. The molecular weight excluding hydrogens is 242 g/mol. The molecule has 0 amide bonds. The molecule has 1 aromatic carbocycles. The highest BCUT2D eigenvalue weighted by atomic mass is 32.1. The minimum absolute atomic E-state index is 0.580. The molecule has 3 nitrogen and oxygen atoms in total. The molecule has 0 aliphatic heterocycles. The quantitative estimate of drug-likeness (QED) is 0.673. The van der Waals surface area contributed by atoms with Crippen molar-refractivity contribution < 1.29 is 0 Å². The number of fused-ring (bicyclic) bond motifs is 1. The minimum atomic E-state index is 0.580. The van der Waals surface area contributed by atoms with Gasteiger partial charge in [-0.1, -0.05) is 36.5 Å². The summed E-state index contributed by atoms with van der Waals surface area (Å²) >= 11 is 5.12. The van der Waals surface area contributed by atoms with Crippen LogP contribution in [0.25, 0.3) is 22.4 Å². The lowest BCUT2D eigenvalue weighted by atomic mass is 10.2. The molecule has 0 aliphatic carbocycles. The second-order valence-electron chi connectivity index (χ2n) is 4.14. The van der Waals surface area contributed by atoms with Gasteiger partial charge in [0.2, 0.25) is 0 Å². The molecule has 2 heterocycles. The predicted molar refractivity (Wildman–Crippen MR) is 74.9 cm³/mol. The number of nitrogens with zero attached hydrogens (tertiary/aromatic N) is 2. The molecule has 2 aromatic heterocycles. The van der Waals surface area contributed by atoms with Crippen LogP contribution in [0, 0.1) is 11.6 Å². The fourth-order valence-electron chi connectivity index (χ4n) is 1.90. The van der Waals surface area contributed by atoms with Crippen LogP contribution in [0.2, 0.25) is 0 Å². The van der Waals surface area contributed by atoms with E-state index in [1.54, 1.807) is 0 Å². The van der Waals surface area contributed by atoms with E-state index in [1.165, 1.54) is 0 Å². The minimum Gasteiger partial charge on any atom is -0.342 e. The van der Waals surface area contributed by atoms with E-state index in [4.69, 9.17) is 12.2 Å². The van der Waals surface area contributed by atoms with Crippen LogP contribution < -0.4 is 0 Å². The maximum atomic E-state index is 5.12. The zero-order valence-corrected chi connectivity index (χ0v) is 10.7. The molecule has 0 atom stereocenters. The van der Waals surface area contributed by atoms with Crippen LogP contribution in [0.3, 0.4) is 0 Å². The molecule has 0 radical (unpaired) electrons. The van der Waals surface area contributed by atoms with Gasteiger partial charge < -0.3 is 4.98 Å². The number of aromatic nitrogens is 3. The molecule has 1 N–H and O–H groups in total. The molecule has 4 heteroatoms. The van der Waals surface area contributed by atoms with E-state index < -0.39 is 0 Å². The maximum Gasteiger partial charge on any atom is 0.157 e. The van der Waals surface area contributed by atoms with Crippen molar-refractivity contribution in [3.05, 3.63) is 52.8 Å². The zero-order valence-electron chi connectivity index (χ0n) is 9.84. The Hall–Kier alpha value is -2.07. The van der Waals surface area contributed by atoms with Crippen molar-refractivity contribution in [1.82, 2.24) is 15.0 Å². The predicted octanol–water partition coefficient (Wildman–Crippen LogP) is 3.66. The van der Waals surface area contributed by atoms with Crippen LogP contribution >= 0.6 is 12.2 Å². The normalized spacial score (nSPS) is 10.7. The van der Waals surface area contributed by atoms with Gasteiger partial charge in [0.25, 0.3) is 0 Å². The van der Waals surface area contributed by atoms with E-state index in [0.717, 1.165) is 22.3 Å². The van der Waals surface area contributed by atoms with Crippen LogP contribution in [0.4, 0.5) is 0 Å². The number of H-pyrrole nitrogens is 1. The first-order valence-electron chi connectivity index (χ1n) is 5.66. The molecule has 0 unspecified atom stereocenters. The molecule has 0 fully saturated rings. The second kappa shape index (κ2) is 4.31. The number of benzene rings is 1. The Morgan fingerprint density at radius 1 is 1.06 bits per heavy atom. The highest BCUT2D eigenvalue weighted by molar-refractivity contribution is 7.71. The van der Waals surface area contributed by atoms with Gasteiger partial charge in [-0.05, 0) is 25.1 Å². The fraction of sp³-hybridized carbons (Fsp3) is 0.0714. The van der Waals surface area contributed by atoms with E-state index in [1.807, 2.05) is 49.4 Å². The molecular formula is C14H11N3S. The van der Waals surface area contributed by atoms with E-state index in [9.17, 15) is 0 Å². The number of hydrogen-bond acceptors (Lipinski definition) is 3. The summed E-state index contributed by atoms with van der Waals surface area (Å²) in [6.07, 6.45) is 0. The van der Waals surface area contributed by atoms with Crippen LogP contribution in [-0.4, -0.2) is 15.0 Å². The SMILES string of the molecule is Cc1cc(=S)nc(-c2ccc3ccccc3n2)[nH]1. The lowest BCUT2D eigenvalue weighted by Gasteiger charge is -2.03. The Morgan fingerprint density at radius 3 is 2.72 bits per heavy atom. The maximum absolute atomic E-state index is 5.12. The van der Waals surface area contributed by atoms with Crippen molar-refractivity contribution in [2.24, 2.45) is 0 Å². The number of hydrogen-bond donors (Lipinski definition) is 1. The summed E-state index contributed by atoms with van der Waals surface area (Å²) in [6, 6.07) is 13.8. The van der Waals surface area contributed by atoms with E-state index in [2.05, 4.69) is 15.0 Å². The first-order valence-corrected chi connectivity index (χ1v) is 6.07. The fourth-order valence-corrected chi connectivity index (χ4v) is 2.17. The molecule has 0 bridgehead atoms. The van der Waals surface area contributed by atoms with Crippen molar-refractivity contribution in [3.63, 3.8) is 0 Å². The van der Waals surface area contributed by atoms with Crippen molar-refractivity contribution in [2.45, 2.75) is 6.92 Å². The molecule has 0 spiro atoms. The van der Waals surface area contributed by atoms with Gasteiger partial charge in [-0.2, -0.15) is 0 Å². The summed E-state index contributed by atoms with van der Waals surface area (Å²) < 4.78 is 0.580. The lowest BCUT2D eigenvalue weighted by molar-refractivity contribution is 1.08. The average Bonchev–Trinajstić information content (AvgIpc) is 2.37. The van der Waals surface area contributed by atoms with Gasteiger partial charge in [0.05, 0.1) is 5.52 Å². The summed E-state index contributed by atoms with van der Waals surface area (Å²) in [5, 5.41) is 1.12. The number of nitrogens with one attached hydrogen (secondary N) is 1. The smallest absolute Gasteiger partial charge is 0.157 e. The molecule has 0 aliphatic rings. The monoisotopic (exact) mass is 253 g/mol. The number of aromatic amines is 1. The molecule has 18 heavy (non-hydrogen) atoms. The third kappa shape index (κ3) is 2.02. The van der Waals surface area contributed by atoms with Gasteiger partial charge in [-0.15, -0.1) is 0 Å². The van der Waals surface area contributed by atoms with Gasteiger partial charge in [0.1, 0.15) is 10.3 Å². The highest BCUT2D eigenvalue weighted by Gasteiger charge is 2.03. The Labute approximate surface area is 110 Å². The number of aryl methyl sites for hydroxylation is 1. The van der Waals surface area contributed by atoms with Gasteiger partial charge in [0, 0.05) is 11.1 Å². The summed E-state index contributed by atoms with van der Waals surface area (Å²) in [6.45, 7) is 1.96. The standard InChI is InChI=1S/C14H11N3S/c1-9-8-13(18)17-14(15-9)12-7-6-10-4-2-3-5-11(10)16-12/h2-8H,1H3,(H,15,17,18). The topological polar surface area (TPSA) is 41.6 Å². The number of para-hydroxylation sites is 1.